The second-order valence-corrected chi connectivity index (χ2v) is 5.99. The van der Waals surface area contributed by atoms with Gasteiger partial charge in [-0.05, 0) is 13.3 Å². The molecule has 2 heterocycles. The van der Waals surface area contributed by atoms with Crippen molar-refractivity contribution in [2.24, 2.45) is 0 Å². The number of carboxylic acids is 1. The van der Waals surface area contributed by atoms with E-state index in [9.17, 15) is 18.3 Å². The Kier molecular flexibility index (Phi) is 3.13. The lowest BCUT2D eigenvalue weighted by Gasteiger charge is -2.14. The summed E-state index contributed by atoms with van der Waals surface area (Å²) in [5.41, 5.74) is -0.169. The van der Waals surface area contributed by atoms with Crippen molar-refractivity contribution in [2.75, 3.05) is 13.1 Å². The summed E-state index contributed by atoms with van der Waals surface area (Å²) in [4.78, 5) is 11.0. The van der Waals surface area contributed by atoms with Gasteiger partial charge in [0.15, 0.2) is 0 Å². The van der Waals surface area contributed by atoms with Crippen LogP contribution in [0.3, 0.4) is 0 Å². The molecule has 0 unspecified atom stereocenters. The number of aromatic nitrogens is 2. The highest BCUT2D eigenvalue weighted by Gasteiger charge is 2.37. The van der Waals surface area contributed by atoms with Gasteiger partial charge in [0, 0.05) is 18.8 Å². The predicted octanol–water partition coefficient (Wildman–Crippen LogP) is -0.828. The van der Waals surface area contributed by atoms with Crippen LogP contribution in [-0.4, -0.2) is 58.3 Å². The van der Waals surface area contributed by atoms with Crippen molar-refractivity contribution in [1.29, 1.82) is 0 Å². The van der Waals surface area contributed by atoms with E-state index >= 15 is 0 Å². The van der Waals surface area contributed by atoms with Gasteiger partial charge in [-0.3, -0.25) is 5.10 Å². The maximum absolute atomic E-state index is 12.2. The van der Waals surface area contributed by atoms with Gasteiger partial charge in [0.25, 0.3) is 10.0 Å². The fourth-order valence-corrected chi connectivity index (χ4v) is 3.51. The van der Waals surface area contributed by atoms with E-state index in [-0.39, 0.29) is 24.3 Å². The van der Waals surface area contributed by atoms with E-state index in [1.54, 1.807) is 0 Å². The Morgan fingerprint density at radius 3 is 2.72 bits per heavy atom. The lowest BCUT2D eigenvalue weighted by Crippen LogP contribution is -2.31. The molecule has 0 spiro atoms. The molecule has 0 radical (unpaired) electrons. The van der Waals surface area contributed by atoms with Gasteiger partial charge in [-0.15, -0.1) is 0 Å². The fourth-order valence-electron chi connectivity index (χ4n) is 1.90. The predicted molar refractivity (Wildman–Crippen MR) is 59.7 cm³/mol. The van der Waals surface area contributed by atoms with Gasteiger partial charge in [0.05, 0.1) is 6.10 Å². The first-order valence-corrected chi connectivity index (χ1v) is 6.74. The smallest absolute Gasteiger partial charge is 0.340 e. The first-order valence-electron chi connectivity index (χ1n) is 5.30. The molecular formula is C9H13N3O5S. The minimum atomic E-state index is -3.98. The topological polar surface area (TPSA) is 124 Å². The van der Waals surface area contributed by atoms with Crippen molar-refractivity contribution in [1.82, 2.24) is 14.5 Å². The van der Waals surface area contributed by atoms with Crippen LogP contribution in [-0.2, 0) is 10.0 Å². The molecule has 0 bridgehead atoms. The van der Waals surface area contributed by atoms with Crippen molar-refractivity contribution in [3.05, 3.63) is 11.3 Å². The summed E-state index contributed by atoms with van der Waals surface area (Å²) in [6.07, 6.45) is -0.376. The number of H-pyrrole nitrogens is 1. The number of aromatic carboxylic acids is 1. The van der Waals surface area contributed by atoms with E-state index in [0.29, 0.717) is 6.42 Å². The molecule has 0 amide bonds. The van der Waals surface area contributed by atoms with Crippen LogP contribution in [0.15, 0.2) is 5.03 Å². The molecule has 1 saturated heterocycles. The summed E-state index contributed by atoms with van der Waals surface area (Å²) in [6, 6.07) is 0. The van der Waals surface area contributed by atoms with Crippen LogP contribution in [0.4, 0.5) is 0 Å². The van der Waals surface area contributed by atoms with E-state index in [1.807, 2.05) is 0 Å². The third-order valence-electron chi connectivity index (χ3n) is 2.84. The molecule has 100 valence electrons. The molecule has 1 atom stereocenters. The first kappa shape index (κ1) is 13.0. The van der Waals surface area contributed by atoms with E-state index in [2.05, 4.69) is 10.2 Å². The highest BCUT2D eigenvalue weighted by molar-refractivity contribution is 7.89. The number of carbonyl (C=O) groups is 1. The molecule has 8 nitrogen and oxygen atoms in total. The zero-order valence-corrected chi connectivity index (χ0v) is 10.4. The van der Waals surface area contributed by atoms with Crippen molar-refractivity contribution in [3.8, 4) is 0 Å². The van der Waals surface area contributed by atoms with E-state index < -0.39 is 27.1 Å². The summed E-state index contributed by atoms with van der Waals surface area (Å²) < 4.78 is 25.4. The average molecular weight is 275 g/mol. The molecule has 1 aromatic rings. The normalized spacial score (nSPS) is 21.3. The second-order valence-electron chi connectivity index (χ2n) is 4.14. The van der Waals surface area contributed by atoms with Gasteiger partial charge in [0.2, 0.25) is 5.03 Å². The highest BCUT2D eigenvalue weighted by atomic mass is 32.2. The fraction of sp³-hybridized carbons (Fsp3) is 0.556. The number of aromatic amines is 1. The number of hydrogen-bond donors (Lipinski definition) is 3. The van der Waals surface area contributed by atoms with Gasteiger partial charge >= 0.3 is 5.97 Å². The number of sulfonamides is 1. The molecule has 1 aliphatic heterocycles. The zero-order chi connectivity index (χ0) is 13.5. The van der Waals surface area contributed by atoms with Crippen LogP contribution in [0.2, 0.25) is 0 Å². The van der Waals surface area contributed by atoms with Crippen molar-refractivity contribution in [2.45, 2.75) is 24.5 Å². The monoisotopic (exact) mass is 275 g/mol. The van der Waals surface area contributed by atoms with Crippen LogP contribution < -0.4 is 0 Å². The maximum Gasteiger partial charge on any atom is 0.340 e. The number of aliphatic hydroxyl groups is 1. The van der Waals surface area contributed by atoms with Crippen molar-refractivity contribution >= 4 is 16.0 Å². The minimum Gasteiger partial charge on any atom is -0.478 e. The number of β-amino-alcohol motifs (C(OH)–C–C–N with tert-alkyl or cyclic N) is 1. The van der Waals surface area contributed by atoms with Gasteiger partial charge in [-0.25, -0.2) is 13.2 Å². The Morgan fingerprint density at radius 1 is 1.56 bits per heavy atom. The quantitative estimate of drug-likeness (QED) is 0.661. The lowest BCUT2D eigenvalue weighted by molar-refractivity contribution is 0.0691. The van der Waals surface area contributed by atoms with Crippen molar-refractivity contribution in [3.63, 3.8) is 0 Å². The molecule has 2 rings (SSSR count). The number of aryl methyl sites for hydroxylation is 1. The molecule has 9 heteroatoms. The number of carboxylic acid groups (broad SMARTS) is 1. The molecule has 0 saturated carbocycles. The van der Waals surface area contributed by atoms with Gasteiger partial charge < -0.3 is 10.2 Å². The standard InChI is InChI=1S/C9H13N3O5S/c1-5-7(9(14)15)8(11-10-5)18(16,17)12-3-2-6(13)4-12/h6,13H,2-4H2,1H3,(H,10,11)(H,14,15)/t6-/m0/s1. The molecule has 18 heavy (non-hydrogen) atoms. The van der Waals surface area contributed by atoms with Gasteiger partial charge in [-0.1, -0.05) is 0 Å². The molecule has 1 aliphatic rings. The molecule has 0 aliphatic carbocycles. The van der Waals surface area contributed by atoms with Crippen LogP contribution >= 0.6 is 0 Å². The van der Waals surface area contributed by atoms with Crippen LogP contribution in [0.5, 0.6) is 0 Å². The minimum absolute atomic E-state index is 0.0344. The van der Waals surface area contributed by atoms with Gasteiger partial charge in [-0.2, -0.15) is 9.40 Å². The molecular weight excluding hydrogens is 262 g/mol. The average Bonchev–Trinajstić information content (AvgIpc) is 2.84. The third-order valence-corrected chi connectivity index (χ3v) is 4.63. The lowest BCUT2D eigenvalue weighted by atomic mass is 10.3. The SMILES string of the molecule is Cc1[nH]nc(S(=O)(=O)N2CC[C@H](O)C2)c1C(=O)O. The van der Waals surface area contributed by atoms with Gasteiger partial charge in [0.1, 0.15) is 5.56 Å². The van der Waals surface area contributed by atoms with E-state index in [1.165, 1.54) is 6.92 Å². The Morgan fingerprint density at radius 2 is 2.22 bits per heavy atom. The van der Waals surface area contributed by atoms with Crippen LogP contribution in [0, 0.1) is 6.92 Å². The highest BCUT2D eigenvalue weighted by Crippen LogP contribution is 2.23. The Labute approximate surface area is 103 Å². The summed E-state index contributed by atoms with van der Waals surface area (Å²) >= 11 is 0. The first-order chi connectivity index (χ1) is 8.34. The summed E-state index contributed by atoms with van der Waals surface area (Å²) in [5, 5.41) is 23.8. The Balaban J connectivity index is 2.45. The van der Waals surface area contributed by atoms with Crippen LogP contribution in [0.1, 0.15) is 22.5 Å². The van der Waals surface area contributed by atoms with Crippen molar-refractivity contribution < 1.29 is 23.4 Å². The summed E-state index contributed by atoms with van der Waals surface area (Å²) in [6.45, 7) is 1.57. The molecule has 3 N–H and O–H groups in total. The maximum atomic E-state index is 12.2. The zero-order valence-electron chi connectivity index (χ0n) is 9.62. The second kappa shape index (κ2) is 4.34. The number of aliphatic hydroxyl groups excluding tert-OH is 1. The third kappa shape index (κ3) is 2.00. The van der Waals surface area contributed by atoms with E-state index in [4.69, 9.17) is 5.11 Å². The Bertz CT molecular complexity index is 579. The Hall–Kier alpha value is -1.45. The summed E-state index contributed by atoms with van der Waals surface area (Å²) in [5.74, 6) is -1.35. The number of nitrogens with one attached hydrogen (secondary N) is 1. The number of rotatable bonds is 3. The van der Waals surface area contributed by atoms with E-state index in [0.717, 1.165) is 4.31 Å². The molecule has 0 aromatic carbocycles. The number of hydrogen-bond acceptors (Lipinski definition) is 5. The molecule has 1 aromatic heterocycles. The number of nitrogens with zero attached hydrogens (tertiary/aromatic N) is 2. The summed E-state index contributed by atoms with van der Waals surface area (Å²) in [7, 11) is -3.98. The van der Waals surface area contributed by atoms with Crippen LogP contribution in [0.25, 0.3) is 0 Å². The molecule has 1 fully saturated rings. The largest absolute Gasteiger partial charge is 0.478 e.